The van der Waals surface area contributed by atoms with E-state index in [0.29, 0.717) is 18.8 Å². The Labute approximate surface area is 159 Å². The maximum absolute atomic E-state index is 12.1. The fraction of sp³-hybridized carbons (Fsp3) is 0.211. The van der Waals surface area contributed by atoms with Crippen molar-refractivity contribution in [2.45, 2.75) is 26.0 Å². The SMILES string of the molecule is O=C(CCc1nc2ccccc2s1)OCc1nnnn1Cc1ccccc1. The zero-order valence-corrected chi connectivity index (χ0v) is 15.3. The molecule has 2 aromatic heterocycles. The van der Waals surface area contributed by atoms with Gasteiger partial charge in [0.25, 0.3) is 0 Å². The number of para-hydroxylation sites is 1. The lowest BCUT2D eigenvalue weighted by molar-refractivity contribution is -0.145. The molecule has 0 aliphatic carbocycles. The Bertz CT molecular complexity index is 1010. The first-order valence-electron chi connectivity index (χ1n) is 8.57. The maximum atomic E-state index is 12.1. The zero-order valence-electron chi connectivity index (χ0n) is 14.5. The van der Waals surface area contributed by atoms with E-state index in [4.69, 9.17) is 4.74 Å². The van der Waals surface area contributed by atoms with Crippen LogP contribution in [0.5, 0.6) is 0 Å². The molecule has 0 amide bonds. The van der Waals surface area contributed by atoms with E-state index in [9.17, 15) is 4.79 Å². The summed E-state index contributed by atoms with van der Waals surface area (Å²) in [6, 6.07) is 17.8. The number of fused-ring (bicyclic) bond motifs is 1. The Kier molecular flexibility index (Phi) is 5.15. The number of benzene rings is 2. The van der Waals surface area contributed by atoms with Gasteiger partial charge in [-0.1, -0.05) is 42.5 Å². The Morgan fingerprint density at radius 1 is 1.07 bits per heavy atom. The van der Waals surface area contributed by atoms with Gasteiger partial charge in [0, 0.05) is 6.42 Å². The number of nitrogens with zero attached hydrogens (tertiary/aromatic N) is 5. The number of rotatable bonds is 7. The minimum atomic E-state index is -0.288. The normalized spacial score (nSPS) is 11.0. The molecule has 0 aliphatic heterocycles. The number of aryl methyl sites for hydroxylation is 1. The van der Waals surface area contributed by atoms with Crippen LogP contribution >= 0.6 is 11.3 Å². The highest BCUT2D eigenvalue weighted by molar-refractivity contribution is 7.18. The molecule has 0 N–H and O–H groups in total. The highest BCUT2D eigenvalue weighted by Gasteiger charge is 2.12. The molecule has 2 aromatic carbocycles. The summed E-state index contributed by atoms with van der Waals surface area (Å²) < 4.78 is 8.10. The van der Waals surface area contributed by atoms with Crippen LogP contribution in [0.4, 0.5) is 0 Å². The summed E-state index contributed by atoms with van der Waals surface area (Å²) in [5.41, 5.74) is 2.04. The molecule has 2 heterocycles. The molecule has 0 saturated heterocycles. The molecule has 0 unspecified atom stereocenters. The van der Waals surface area contributed by atoms with Crippen LogP contribution in [0.2, 0.25) is 0 Å². The smallest absolute Gasteiger partial charge is 0.306 e. The second-order valence-electron chi connectivity index (χ2n) is 5.97. The molecule has 0 bridgehead atoms. The van der Waals surface area contributed by atoms with Crippen molar-refractivity contribution in [3.8, 4) is 0 Å². The predicted octanol–water partition coefficient (Wildman–Crippen LogP) is 3.01. The third-order valence-corrected chi connectivity index (χ3v) is 5.12. The van der Waals surface area contributed by atoms with E-state index in [1.54, 1.807) is 16.0 Å². The number of ether oxygens (including phenoxy) is 1. The molecule has 0 radical (unpaired) electrons. The van der Waals surface area contributed by atoms with Crippen molar-refractivity contribution < 1.29 is 9.53 Å². The minimum absolute atomic E-state index is 0.0541. The molecule has 0 fully saturated rings. The highest BCUT2D eigenvalue weighted by atomic mass is 32.1. The quantitative estimate of drug-likeness (QED) is 0.459. The van der Waals surface area contributed by atoms with Crippen molar-refractivity contribution in [2.24, 2.45) is 0 Å². The molecule has 0 spiro atoms. The lowest BCUT2D eigenvalue weighted by atomic mass is 10.2. The van der Waals surface area contributed by atoms with Crippen LogP contribution in [-0.4, -0.2) is 31.2 Å². The van der Waals surface area contributed by atoms with Gasteiger partial charge in [0.2, 0.25) is 0 Å². The number of hydrogen-bond acceptors (Lipinski definition) is 7. The summed E-state index contributed by atoms with van der Waals surface area (Å²) in [6.45, 7) is 0.588. The average molecular weight is 379 g/mol. The standard InChI is InChI=1S/C19H17N5O2S/c25-19(11-10-18-20-15-8-4-5-9-16(15)27-18)26-13-17-21-22-23-24(17)12-14-6-2-1-3-7-14/h1-9H,10-13H2. The van der Waals surface area contributed by atoms with Gasteiger partial charge in [-0.3, -0.25) is 4.79 Å². The first-order valence-corrected chi connectivity index (χ1v) is 9.38. The third kappa shape index (κ3) is 4.35. The summed E-state index contributed by atoms with van der Waals surface area (Å²) in [5.74, 6) is 0.232. The third-order valence-electron chi connectivity index (χ3n) is 4.02. The molecule has 4 aromatic rings. The second-order valence-corrected chi connectivity index (χ2v) is 7.09. The molecular weight excluding hydrogens is 362 g/mol. The molecule has 0 aliphatic rings. The fourth-order valence-electron chi connectivity index (χ4n) is 2.66. The number of thiazole rings is 1. The van der Waals surface area contributed by atoms with Gasteiger partial charge >= 0.3 is 5.97 Å². The van der Waals surface area contributed by atoms with Gasteiger partial charge in [0.1, 0.15) is 0 Å². The van der Waals surface area contributed by atoms with E-state index in [0.717, 1.165) is 20.8 Å². The van der Waals surface area contributed by atoms with Crippen molar-refractivity contribution >= 4 is 27.5 Å². The van der Waals surface area contributed by atoms with Gasteiger partial charge < -0.3 is 4.74 Å². The average Bonchev–Trinajstić information content (AvgIpc) is 3.31. The molecule has 27 heavy (non-hydrogen) atoms. The summed E-state index contributed by atoms with van der Waals surface area (Å²) in [6.07, 6.45) is 0.840. The van der Waals surface area contributed by atoms with Crippen LogP contribution in [0.3, 0.4) is 0 Å². The molecular formula is C19H17N5O2S. The summed E-state index contributed by atoms with van der Waals surface area (Å²) in [4.78, 5) is 16.6. The fourth-order valence-corrected chi connectivity index (χ4v) is 3.63. The minimum Gasteiger partial charge on any atom is -0.457 e. The van der Waals surface area contributed by atoms with Gasteiger partial charge in [-0.15, -0.1) is 16.4 Å². The van der Waals surface area contributed by atoms with Gasteiger partial charge in [-0.25, -0.2) is 9.67 Å². The van der Waals surface area contributed by atoms with E-state index in [1.165, 1.54) is 0 Å². The second kappa shape index (κ2) is 8.05. The van der Waals surface area contributed by atoms with Crippen LogP contribution in [0.1, 0.15) is 22.8 Å². The Balaban J connectivity index is 1.30. The molecule has 8 heteroatoms. The van der Waals surface area contributed by atoms with E-state index in [1.807, 2.05) is 54.6 Å². The Hall–Kier alpha value is -3.13. The van der Waals surface area contributed by atoms with E-state index in [-0.39, 0.29) is 19.0 Å². The topological polar surface area (TPSA) is 82.8 Å². The number of esters is 1. The summed E-state index contributed by atoms with van der Waals surface area (Å²) >= 11 is 1.60. The van der Waals surface area contributed by atoms with E-state index >= 15 is 0 Å². The van der Waals surface area contributed by atoms with Crippen LogP contribution in [0, 0.1) is 0 Å². The van der Waals surface area contributed by atoms with Gasteiger partial charge in [0.15, 0.2) is 12.4 Å². The van der Waals surface area contributed by atoms with Crippen molar-refractivity contribution in [3.63, 3.8) is 0 Å². The van der Waals surface area contributed by atoms with Crippen molar-refractivity contribution in [1.82, 2.24) is 25.2 Å². The zero-order chi connectivity index (χ0) is 18.5. The molecule has 7 nitrogen and oxygen atoms in total. The van der Waals surface area contributed by atoms with Crippen LogP contribution in [-0.2, 0) is 29.1 Å². The molecule has 0 saturated carbocycles. The van der Waals surface area contributed by atoms with Crippen LogP contribution in [0.25, 0.3) is 10.2 Å². The Morgan fingerprint density at radius 2 is 1.89 bits per heavy atom. The van der Waals surface area contributed by atoms with Crippen molar-refractivity contribution in [2.75, 3.05) is 0 Å². The molecule has 0 atom stereocenters. The summed E-state index contributed by atoms with van der Waals surface area (Å²) in [5, 5.41) is 12.5. The first-order chi connectivity index (χ1) is 13.3. The molecule has 136 valence electrons. The number of tetrazole rings is 1. The van der Waals surface area contributed by atoms with Crippen molar-refractivity contribution in [3.05, 3.63) is 71.0 Å². The molecule has 4 rings (SSSR count). The number of aromatic nitrogens is 5. The largest absolute Gasteiger partial charge is 0.457 e. The van der Waals surface area contributed by atoms with E-state index in [2.05, 4.69) is 20.5 Å². The van der Waals surface area contributed by atoms with Gasteiger partial charge in [-0.2, -0.15) is 0 Å². The van der Waals surface area contributed by atoms with Crippen molar-refractivity contribution in [1.29, 1.82) is 0 Å². The lowest BCUT2D eigenvalue weighted by Gasteiger charge is -2.06. The number of carbonyl (C=O) groups is 1. The van der Waals surface area contributed by atoms with Crippen LogP contribution < -0.4 is 0 Å². The van der Waals surface area contributed by atoms with Gasteiger partial charge in [0.05, 0.1) is 28.2 Å². The number of hydrogen-bond donors (Lipinski definition) is 0. The first kappa shape index (κ1) is 17.3. The maximum Gasteiger partial charge on any atom is 0.306 e. The van der Waals surface area contributed by atoms with Crippen LogP contribution in [0.15, 0.2) is 54.6 Å². The highest BCUT2D eigenvalue weighted by Crippen LogP contribution is 2.22. The van der Waals surface area contributed by atoms with Gasteiger partial charge in [-0.05, 0) is 28.1 Å². The monoisotopic (exact) mass is 379 g/mol. The summed E-state index contributed by atoms with van der Waals surface area (Å²) in [7, 11) is 0. The predicted molar refractivity (Wildman–Crippen MR) is 101 cm³/mol. The number of carbonyl (C=O) groups excluding carboxylic acids is 1. The van der Waals surface area contributed by atoms with E-state index < -0.39 is 0 Å². The lowest BCUT2D eigenvalue weighted by Crippen LogP contribution is -2.12. The Morgan fingerprint density at radius 3 is 2.74 bits per heavy atom.